The first-order chi connectivity index (χ1) is 10.9. The predicted octanol–water partition coefficient (Wildman–Crippen LogP) is 3.81. The van der Waals surface area contributed by atoms with Crippen LogP contribution in [0.1, 0.15) is 55.7 Å². The Kier molecular flexibility index (Phi) is 0.969. The Balaban J connectivity index is 3.54. The van der Waals surface area contributed by atoms with Crippen LogP contribution in [-0.4, -0.2) is 0 Å². The van der Waals surface area contributed by atoms with Gasteiger partial charge in [-0.25, -0.2) is 0 Å². The van der Waals surface area contributed by atoms with Gasteiger partial charge in [0.1, 0.15) is 0 Å². The molecule has 0 saturated heterocycles. The third-order valence-corrected chi connectivity index (χ3v) is 1.17. The molecule has 0 unspecified atom stereocenters. The minimum absolute atomic E-state index is 0.283. The number of aryl methyl sites for hydroxylation is 1. The molecule has 0 spiro atoms. The van der Waals surface area contributed by atoms with Gasteiger partial charge in [-0.1, -0.05) is 56.3 Å². The molecule has 0 aliphatic carbocycles. The first-order valence-electron chi connectivity index (χ1n) is 9.91. The molecule has 0 radical (unpaired) electrons. The van der Waals surface area contributed by atoms with Crippen molar-refractivity contribution in [2.24, 2.45) is 0 Å². The van der Waals surface area contributed by atoms with Gasteiger partial charge < -0.3 is 0 Å². The van der Waals surface area contributed by atoms with Crippen LogP contribution in [0.3, 0.4) is 0 Å². The summed E-state index contributed by atoms with van der Waals surface area (Å²) in [7, 11) is 0. The third-order valence-electron chi connectivity index (χ3n) is 1.17. The molecule has 0 heteroatoms. The molecule has 12 heavy (non-hydrogen) atoms. The molecule has 0 amide bonds. The minimum Gasteiger partial charge on any atom is -0.0654 e. The van der Waals surface area contributed by atoms with Crippen molar-refractivity contribution in [3.63, 3.8) is 0 Å². The molecule has 66 valence electrons. The Morgan fingerprint density at radius 1 is 1.17 bits per heavy atom. The van der Waals surface area contributed by atoms with E-state index in [1.54, 1.807) is 0 Å². The molecule has 1 rings (SSSR count). The lowest BCUT2D eigenvalue weighted by atomic mass is 10.1. The highest BCUT2D eigenvalue weighted by Crippen LogP contribution is 2.06. The van der Waals surface area contributed by atoms with Crippen LogP contribution in [0.5, 0.6) is 0 Å². The van der Waals surface area contributed by atoms with E-state index in [1.807, 2.05) is 0 Å². The summed E-state index contributed by atoms with van der Waals surface area (Å²) >= 11 is 0. The molecular formula is C12H18. The number of hydrogen-bond donors (Lipinski definition) is 0. The smallest absolute Gasteiger partial charge is 0.0316 e. The summed E-state index contributed by atoms with van der Waals surface area (Å²) in [5, 5.41) is 0. The lowest BCUT2D eigenvalue weighted by Gasteiger charge is -1.99. The van der Waals surface area contributed by atoms with Crippen LogP contribution in [-0.2, 0) is 6.37 Å². The van der Waals surface area contributed by atoms with Crippen LogP contribution in [0.15, 0.2) is 30.3 Å². The lowest BCUT2D eigenvalue weighted by Crippen LogP contribution is -1.84. The first-order valence-corrected chi connectivity index (χ1v) is 3.41. The van der Waals surface area contributed by atoms with Crippen LogP contribution in [0.4, 0.5) is 0 Å². The van der Waals surface area contributed by atoms with Crippen molar-refractivity contribution in [2.75, 3.05) is 0 Å². The summed E-state index contributed by atoms with van der Waals surface area (Å²) in [5.74, 6) is 0. The van der Waals surface area contributed by atoms with E-state index in [2.05, 4.69) is 0 Å². The van der Waals surface area contributed by atoms with Gasteiger partial charge in [0.15, 0.2) is 0 Å². The Bertz CT molecular complexity index is 599. The van der Waals surface area contributed by atoms with Crippen LogP contribution in [0.2, 0.25) is 0 Å². The Morgan fingerprint density at radius 3 is 2.75 bits per heavy atom. The van der Waals surface area contributed by atoms with Gasteiger partial charge in [0, 0.05) is 17.8 Å². The molecule has 0 heterocycles. The van der Waals surface area contributed by atoms with E-state index in [9.17, 15) is 0 Å². The van der Waals surface area contributed by atoms with E-state index in [-0.39, 0.29) is 5.56 Å². The van der Waals surface area contributed by atoms with E-state index < -0.39 is 38.7 Å². The highest BCUT2D eigenvalue weighted by Gasteiger charge is 1.90. The molecule has 0 saturated carbocycles. The fraction of sp³-hybridized carbons (Fsp3) is 0.500. The van der Waals surface area contributed by atoms with Crippen LogP contribution in [0.25, 0.3) is 0 Å². The van der Waals surface area contributed by atoms with Gasteiger partial charge in [0.25, 0.3) is 0 Å². The normalized spacial score (nSPS) is 33.2. The van der Waals surface area contributed by atoms with Crippen molar-refractivity contribution in [1.29, 1.82) is 0 Å². The monoisotopic (exact) mass is 175 g/mol. The average molecular weight is 175 g/mol. The summed E-state index contributed by atoms with van der Waals surface area (Å²) in [5.41, 5.74) is -0.283. The van der Waals surface area contributed by atoms with E-state index in [0.29, 0.717) is 0 Å². The molecule has 0 fully saturated rings. The second kappa shape index (κ2) is 5.82. The molecule has 1 aromatic rings. The molecule has 0 N–H and O–H groups in total. The van der Waals surface area contributed by atoms with Gasteiger partial charge in [-0.05, 0) is 18.3 Å². The van der Waals surface area contributed by atoms with Gasteiger partial charge in [-0.15, -0.1) is 0 Å². The number of rotatable bonds is 5. The van der Waals surface area contributed by atoms with Gasteiger partial charge in [0.05, 0.1) is 0 Å². The maximum atomic E-state index is 7.99. The van der Waals surface area contributed by atoms with Crippen LogP contribution < -0.4 is 0 Å². The zero-order valence-electron chi connectivity index (χ0n) is 19.4. The summed E-state index contributed by atoms with van der Waals surface area (Å²) < 4.78 is 99.5. The highest BCUT2D eigenvalue weighted by molar-refractivity contribution is 5.14. The topological polar surface area (TPSA) is 0 Å². The second-order valence-corrected chi connectivity index (χ2v) is 1.99. The molecule has 0 aliphatic rings. The first kappa shape index (κ1) is 2.00. The lowest BCUT2D eigenvalue weighted by molar-refractivity contribution is 0.667. The van der Waals surface area contributed by atoms with Gasteiger partial charge >= 0.3 is 0 Å². The zero-order valence-corrected chi connectivity index (χ0v) is 6.39. The highest BCUT2D eigenvalue weighted by atomic mass is 14.0. The van der Waals surface area contributed by atoms with Crippen molar-refractivity contribution in [1.82, 2.24) is 0 Å². The van der Waals surface area contributed by atoms with Crippen molar-refractivity contribution in [3.05, 3.63) is 35.9 Å². The summed E-state index contributed by atoms with van der Waals surface area (Å²) in [6, 6.07) is 6.66. The molecule has 0 nitrogen and oxygen atoms in total. The van der Waals surface area contributed by atoms with Crippen molar-refractivity contribution < 1.29 is 17.8 Å². The quantitative estimate of drug-likeness (QED) is 0.638. The summed E-state index contributed by atoms with van der Waals surface area (Å²) in [6.07, 6.45) is -18.1. The largest absolute Gasteiger partial charge is 0.0654 e. The second-order valence-electron chi connectivity index (χ2n) is 1.99. The average Bonchev–Trinajstić information content (AvgIpc) is 2.46. The molecule has 0 aliphatic heterocycles. The van der Waals surface area contributed by atoms with Crippen molar-refractivity contribution in [3.8, 4) is 0 Å². The molecule has 1 aromatic carbocycles. The minimum atomic E-state index is -3.86. The maximum Gasteiger partial charge on any atom is 0.0316 e. The van der Waals surface area contributed by atoms with E-state index in [4.69, 9.17) is 17.8 Å². The van der Waals surface area contributed by atoms with Gasteiger partial charge in [0.2, 0.25) is 0 Å². The molecule has 0 aromatic heterocycles. The standard InChI is InChI=1S/C12H18/c1-2-3-4-6-9-12-10-7-5-8-11-12/h5,7-8,10-11H,2-4,6,9H2,1H3/i1D3,2D2,3D2,4D2,6D2,9D2. The van der Waals surface area contributed by atoms with E-state index in [0.717, 1.165) is 0 Å². The Labute approximate surface area is 93.9 Å². The fourth-order valence-corrected chi connectivity index (χ4v) is 0.687. The SMILES string of the molecule is [2H]C([2H])([2H])C([2H])([2H])C([2H])([2H])C([2H])([2H])C([2H])([2H])C([2H])([2H])c1ccccc1. The molecular weight excluding hydrogens is 144 g/mol. The summed E-state index contributed by atoms with van der Waals surface area (Å²) in [6.45, 7) is -3.58. The Morgan fingerprint density at radius 2 is 2.00 bits per heavy atom. The van der Waals surface area contributed by atoms with Gasteiger partial charge in [-0.2, -0.15) is 0 Å². The van der Waals surface area contributed by atoms with E-state index in [1.165, 1.54) is 30.3 Å². The zero-order chi connectivity index (χ0) is 20.1. The van der Waals surface area contributed by atoms with E-state index >= 15 is 0 Å². The molecule has 0 atom stereocenters. The number of benzene rings is 1. The predicted molar refractivity (Wildman–Crippen MR) is 54.3 cm³/mol. The van der Waals surface area contributed by atoms with Crippen LogP contribution >= 0.6 is 0 Å². The summed E-state index contributed by atoms with van der Waals surface area (Å²) in [4.78, 5) is 0. The van der Waals surface area contributed by atoms with Gasteiger partial charge in [-0.3, -0.25) is 0 Å². The number of hydrogen-bond acceptors (Lipinski definition) is 0. The maximum absolute atomic E-state index is 7.99. The third kappa shape index (κ3) is 3.56. The molecule has 0 bridgehead atoms. The fourth-order valence-electron chi connectivity index (χ4n) is 0.687. The van der Waals surface area contributed by atoms with Crippen molar-refractivity contribution >= 4 is 0 Å². The van der Waals surface area contributed by atoms with Crippen LogP contribution in [0, 0.1) is 0 Å². The van der Waals surface area contributed by atoms with Crippen molar-refractivity contribution in [2.45, 2.75) is 38.7 Å². The Hall–Kier alpha value is -0.780.